The van der Waals surface area contributed by atoms with Crippen LogP contribution < -0.4 is 5.32 Å². The van der Waals surface area contributed by atoms with Crippen LogP contribution in [0.3, 0.4) is 0 Å². The fraction of sp³-hybridized carbons (Fsp3) is 0.600. The van der Waals surface area contributed by atoms with Crippen molar-refractivity contribution >= 4 is 0 Å². The lowest BCUT2D eigenvalue weighted by molar-refractivity contribution is 0.326. The molecule has 1 aromatic carbocycles. The number of phenolic OH excluding ortho intramolecular Hbond substituents is 2. The molecule has 3 nitrogen and oxygen atoms in total. The Kier molecular flexibility index (Phi) is 5.48. The van der Waals surface area contributed by atoms with Crippen molar-refractivity contribution in [2.75, 3.05) is 0 Å². The number of hydrogen-bond donors (Lipinski definition) is 3. The Hall–Kier alpha value is -1.22. The summed E-state index contributed by atoms with van der Waals surface area (Å²) < 4.78 is 0. The van der Waals surface area contributed by atoms with Gasteiger partial charge in [-0.3, -0.25) is 0 Å². The Morgan fingerprint density at radius 3 is 2.28 bits per heavy atom. The van der Waals surface area contributed by atoms with Crippen LogP contribution in [0.5, 0.6) is 11.5 Å². The van der Waals surface area contributed by atoms with Gasteiger partial charge in [-0.05, 0) is 38.0 Å². The van der Waals surface area contributed by atoms with Crippen LogP contribution in [0.2, 0.25) is 0 Å². The van der Waals surface area contributed by atoms with E-state index in [0.29, 0.717) is 12.0 Å². The van der Waals surface area contributed by atoms with Crippen molar-refractivity contribution in [2.45, 2.75) is 52.6 Å². The van der Waals surface area contributed by atoms with Crippen LogP contribution in [0, 0.1) is 5.92 Å². The topological polar surface area (TPSA) is 52.5 Å². The molecule has 18 heavy (non-hydrogen) atoms. The van der Waals surface area contributed by atoms with E-state index in [1.807, 2.05) is 6.92 Å². The van der Waals surface area contributed by atoms with E-state index in [1.54, 1.807) is 6.07 Å². The molecule has 1 rings (SSSR count). The van der Waals surface area contributed by atoms with E-state index in [-0.39, 0.29) is 17.5 Å². The first kappa shape index (κ1) is 14.8. The minimum atomic E-state index is 0.0210. The van der Waals surface area contributed by atoms with Gasteiger partial charge >= 0.3 is 0 Å². The molecule has 0 amide bonds. The van der Waals surface area contributed by atoms with Crippen LogP contribution in [-0.2, 0) is 0 Å². The molecule has 0 aromatic heterocycles. The van der Waals surface area contributed by atoms with Crippen molar-refractivity contribution in [1.82, 2.24) is 5.32 Å². The van der Waals surface area contributed by atoms with Crippen LogP contribution in [-0.4, -0.2) is 16.3 Å². The molecule has 0 aliphatic carbocycles. The van der Waals surface area contributed by atoms with E-state index >= 15 is 0 Å². The van der Waals surface area contributed by atoms with Crippen molar-refractivity contribution < 1.29 is 10.2 Å². The third-order valence-corrected chi connectivity index (χ3v) is 3.75. The van der Waals surface area contributed by atoms with Crippen LogP contribution >= 0.6 is 0 Å². The van der Waals surface area contributed by atoms with Gasteiger partial charge in [0.1, 0.15) is 11.5 Å². The predicted octanol–water partition coefficient (Wildman–Crippen LogP) is 3.57. The summed E-state index contributed by atoms with van der Waals surface area (Å²) in [6, 6.07) is 5.05. The summed E-state index contributed by atoms with van der Waals surface area (Å²) in [6.07, 6.45) is 2.28. The summed E-state index contributed by atoms with van der Waals surface area (Å²) in [5.74, 6) is 1.04. The summed E-state index contributed by atoms with van der Waals surface area (Å²) in [7, 11) is 0. The molecule has 0 radical (unpaired) electrons. The summed E-state index contributed by atoms with van der Waals surface area (Å²) >= 11 is 0. The average molecular weight is 251 g/mol. The Balaban J connectivity index is 2.75. The lowest BCUT2D eigenvalue weighted by atomic mass is 9.94. The highest BCUT2D eigenvalue weighted by atomic mass is 16.3. The molecule has 0 saturated carbocycles. The van der Waals surface area contributed by atoms with Crippen molar-refractivity contribution in [3.8, 4) is 11.5 Å². The molecule has 0 aliphatic heterocycles. The maximum atomic E-state index is 9.82. The maximum Gasteiger partial charge on any atom is 0.120 e. The minimum Gasteiger partial charge on any atom is -0.508 e. The van der Waals surface area contributed by atoms with Crippen LogP contribution in [0.25, 0.3) is 0 Å². The molecular formula is C15H25NO2. The molecule has 102 valence electrons. The summed E-state index contributed by atoms with van der Waals surface area (Å²) in [5, 5.41) is 22.8. The SMILES string of the molecule is CCC(CC)C(C)NC(C)c1cc(O)ccc1O. The van der Waals surface area contributed by atoms with Crippen molar-refractivity contribution in [3.05, 3.63) is 23.8 Å². The number of benzene rings is 1. The molecule has 0 fully saturated rings. The smallest absolute Gasteiger partial charge is 0.120 e. The molecule has 0 aliphatic rings. The molecule has 0 spiro atoms. The Bertz CT molecular complexity index is 375. The number of phenols is 2. The number of rotatable bonds is 6. The lowest BCUT2D eigenvalue weighted by Gasteiger charge is -2.27. The van der Waals surface area contributed by atoms with Crippen molar-refractivity contribution in [2.24, 2.45) is 5.92 Å². The highest BCUT2D eigenvalue weighted by molar-refractivity contribution is 5.40. The Morgan fingerprint density at radius 1 is 1.11 bits per heavy atom. The average Bonchev–Trinajstić information content (AvgIpc) is 2.33. The Morgan fingerprint density at radius 2 is 1.72 bits per heavy atom. The number of aromatic hydroxyl groups is 2. The zero-order valence-corrected chi connectivity index (χ0v) is 11.8. The molecule has 0 bridgehead atoms. The second-order valence-electron chi connectivity index (χ2n) is 5.00. The van der Waals surface area contributed by atoms with E-state index in [1.165, 1.54) is 12.1 Å². The van der Waals surface area contributed by atoms with Gasteiger partial charge in [0.25, 0.3) is 0 Å². The van der Waals surface area contributed by atoms with E-state index < -0.39 is 0 Å². The second-order valence-corrected chi connectivity index (χ2v) is 5.00. The first-order valence-electron chi connectivity index (χ1n) is 6.77. The van der Waals surface area contributed by atoms with Crippen molar-refractivity contribution in [3.63, 3.8) is 0 Å². The molecule has 3 N–H and O–H groups in total. The van der Waals surface area contributed by atoms with Gasteiger partial charge in [0, 0.05) is 17.6 Å². The zero-order valence-electron chi connectivity index (χ0n) is 11.8. The molecule has 2 unspecified atom stereocenters. The molecule has 0 heterocycles. The van der Waals surface area contributed by atoms with Gasteiger partial charge in [0.05, 0.1) is 0 Å². The van der Waals surface area contributed by atoms with Crippen LogP contribution in [0.1, 0.15) is 52.1 Å². The quantitative estimate of drug-likeness (QED) is 0.677. The lowest BCUT2D eigenvalue weighted by Crippen LogP contribution is -2.35. The van der Waals surface area contributed by atoms with Crippen molar-refractivity contribution in [1.29, 1.82) is 0 Å². The molecule has 2 atom stereocenters. The highest BCUT2D eigenvalue weighted by Crippen LogP contribution is 2.28. The minimum absolute atomic E-state index is 0.0210. The third-order valence-electron chi connectivity index (χ3n) is 3.75. The molecular weight excluding hydrogens is 226 g/mol. The normalized spacial score (nSPS) is 14.7. The number of nitrogens with one attached hydrogen (secondary N) is 1. The summed E-state index contributed by atoms with van der Waals surface area (Å²) in [5.41, 5.74) is 0.743. The molecule has 0 saturated heterocycles. The van der Waals surface area contributed by atoms with Gasteiger partial charge in [-0.15, -0.1) is 0 Å². The van der Waals surface area contributed by atoms with E-state index in [2.05, 4.69) is 26.1 Å². The largest absolute Gasteiger partial charge is 0.508 e. The first-order valence-corrected chi connectivity index (χ1v) is 6.77. The Labute approximate surface area is 110 Å². The fourth-order valence-electron chi connectivity index (χ4n) is 2.50. The van der Waals surface area contributed by atoms with Crippen LogP contribution in [0.4, 0.5) is 0 Å². The van der Waals surface area contributed by atoms with E-state index in [4.69, 9.17) is 0 Å². The third kappa shape index (κ3) is 3.64. The monoisotopic (exact) mass is 251 g/mol. The van der Waals surface area contributed by atoms with Gasteiger partial charge in [-0.25, -0.2) is 0 Å². The maximum absolute atomic E-state index is 9.82. The van der Waals surface area contributed by atoms with Gasteiger partial charge in [0.2, 0.25) is 0 Å². The molecule has 3 heteroatoms. The van der Waals surface area contributed by atoms with Gasteiger partial charge < -0.3 is 15.5 Å². The fourth-order valence-corrected chi connectivity index (χ4v) is 2.50. The van der Waals surface area contributed by atoms with Crippen LogP contribution in [0.15, 0.2) is 18.2 Å². The van der Waals surface area contributed by atoms with E-state index in [9.17, 15) is 10.2 Å². The second kappa shape index (κ2) is 6.64. The van der Waals surface area contributed by atoms with Gasteiger partial charge in [-0.1, -0.05) is 26.7 Å². The standard InChI is InChI=1S/C15H25NO2/c1-5-12(6-2)10(3)16-11(4)14-9-13(17)7-8-15(14)18/h7-12,16-18H,5-6H2,1-4H3. The number of hydrogen-bond acceptors (Lipinski definition) is 3. The van der Waals surface area contributed by atoms with Gasteiger partial charge in [0.15, 0.2) is 0 Å². The van der Waals surface area contributed by atoms with Gasteiger partial charge in [-0.2, -0.15) is 0 Å². The summed E-state index contributed by atoms with van der Waals surface area (Å²) in [4.78, 5) is 0. The zero-order chi connectivity index (χ0) is 13.7. The highest BCUT2D eigenvalue weighted by Gasteiger charge is 2.18. The predicted molar refractivity (Wildman–Crippen MR) is 74.9 cm³/mol. The molecule has 1 aromatic rings. The van der Waals surface area contributed by atoms with E-state index in [0.717, 1.165) is 18.4 Å². The first-order chi connectivity index (χ1) is 8.49. The summed E-state index contributed by atoms with van der Waals surface area (Å²) in [6.45, 7) is 8.58.